The summed E-state index contributed by atoms with van der Waals surface area (Å²) in [5, 5.41) is 8.66. The number of thioether (sulfide) groups is 1. The van der Waals surface area contributed by atoms with Crippen molar-refractivity contribution < 1.29 is 0 Å². The first-order chi connectivity index (χ1) is 19.1. The van der Waals surface area contributed by atoms with Gasteiger partial charge in [-0.25, -0.2) is 4.98 Å². The monoisotopic (exact) mass is 539 g/mol. The molecule has 0 radical (unpaired) electrons. The molecule has 0 atom stereocenters. The van der Waals surface area contributed by atoms with Crippen molar-refractivity contribution in [1.82, 2.24) is 15.3 Å². The molecule has 5 nitrogen and oxygen atoms in total. The summed E-state index contributed by atoms with van der Waals surface area (Å²) in [4.78, 5) is 11.7. The molecule has 3 aromatic carbocycles. The molecule has 0 unspecified atom stereocenters. The minimum absolute atomic E-state index is 0.0897. The molecule has 0 spiro atoms. The molecule has 5 rings (SSSR count). The molecule has 1 aromatic heterocycles. The van der Waals surface area contributed by atoms with E-state index in [-0.39, 0.29) is 4.75 Å². The predicted molar refractivity (Wildman–Crippen MR) is 168 cm³/mol. The normalized spacial score (nSPS) is 17.7. The van der Waals surface area contributed by atoms with Crippen molar-refractivity contribution in [3.63, 3.8) is 0 Å². The van der Waals surface area contributed by atoms with E-state index in [1.54, 1.807) is 0 Å². The van der Waals surface area contributed by atoms with E-state index in [2.05, 4.69) is 95.3 Å². The Hall–Kier alpha value is -3.09. The summed E-state index contributed by atoms with van der Waals surface area (Å²) in [5.74, 6) is 3.46. The fraction of sp³-hybridized carbons (Fsp3) is 0.394. The Morgan fingerprint density at radius 1 is 0.821 bits per heavy atom. The van der Waals surface area contributed by atoms with Gasteiger partial charge in [-0.2, -0.15) is 4.98 Å². The smallest absolute Gasteiger partial charge is 0.225 e. The van der Waals surface area contributed by atoms with E-state index in [1.165, 1.54) is 24.0 Å². The average molecular weight is 540 g/mol. The first kappa shape index (κ1) is 27.5. The van der Waals surface area contributed by atoms with Crippen LogP contribution in [0.4, 0.5) is 11.8 Å². The number of benzene rings is 3. The Balaban J connectivity index is 1.20. The number of fused-ring (bicyclic) bond motifs is 1. The lowest BCUT2D eigenvalue weighted by atomic mass is 9.85. The largest absolute Gasteiger partial charge is 0.362 e. The Morgan fingerprint density at radius 2 is 1.44 bits per heavy atom. The Bertz CT molecular complexity index is 1280. The number of hydrogen-bond donors (Lipinski definition) is 2. The summed E-state index contributed by atoms with van der Waals surface area (Å²) in [7, 11) is 4.08. The molecular weight excluding hydrogens is 498 g/mol. The molecule has 1 fully saturated rings. The highest BCUT2D eigenvalue weighted by molar-refractivity contribution is 8.00. The Labute approximate surface area is 237 Å². The molecular formula is C33H41N5S. The molecule has 1 saturated carbocycles. The summed E-state index contributed by atoms with van der Waals surface area (Å²) in [6, 6.07) is 30.7. The van der Waals surface area contributed by atoms with Crippen LogP contribution in [0.15, 0.2) is 84.9 Å². The van der Waals surface area contributed by atoms with E-state index < -0.39 is 0 Å². The van der Waals surface area contributed by atoms with Crippen molar-refractivity contribution in [1.29, 1.82) is 0 Å². The molecule has 0 saturated heterocycles. The number of nitrogens with one attached hydrogen (secondary N) is 2. The zero-order valence-corrected chi connectivity index (χ0v) is 24.3. The minimum atomic E-state index is -0.0897. The van der Waals surface area contributed by atoms with Crippen molar-refractivity contribution in [2.75, 3.05) is 43.2 Å². The van der Waals surface area contributed by atoms with Crippen LogP contribution in [0.3, 0.4) is 0 Å². The van der Waals surface area contributed by atoms with Crippen LogP contribution in [0.5, 0.6) is 0 Å². The molecule has 1 heterocycles. The summed E-state index contributed by atoms with van der Waals surface area (Å²) in [6.07, 6.45) is 4.71. The van der Waals surface area contributed by atoms with Crippen molar-refractivity contribution in [2.24, 2.45) is 5.92 Å². The van der Waals surface area contributed by atoms with Gasteiger partial charge in [0.1, 0.15) is 5.82 Å². The van der Waals surface area contributed by atoms with Gasteiger partial charge in [0.2, 0.25) is 5.95 Å². The first-order valence-corrected chi connectivity index (χ1v) is 15.2. The van der Waals surface area contributed by atoms with Crippen LogP contribution >= 0.6 is 11.8 Å². The third kappa shape index (κ3) is 6.39. The second-order valence-electron chi connectivity index (χ2n) is 10.8. The topological polar surface area (TPSA) is 53.1 Å². The van der Waals surface area contributed by atoms with Gasteiger partial charge in [-0.1, -0.05) is 79.7 Å². The van der Waals surface area contributed by atoms with E-state index in [9.17, 15) is 0 Å². The molecule has 204 valence electrons. The lowest BCUT2D eigenvalue weighted by molar-refractivity contribution is 0.322. The highest BCUT2D eigenvalue weighted by Gasteiger charge is 2.34. The highest BCUT2D eigenvalue weighted by Crippen LogP contribution is 2.42. The molecule has 6 heteroatoms. The van der Waals surface area contributed by atoms with E-state index in [4.69, 9.17) is 9.97 Å². The number of rotatable bonds is 11. The van der Waals surface area contributed by atoms with Crippen LogP contribution in [-0.4, -0.2) is 48.9 Å². The first-order valence-electron chi connectivity index (χ1n) is 14.3. The minimum Gasteiger partial charge on any atom is -0.362 e. The third-order valence-electron chi connectivity index (χ3n) is 7.86. The molecule has 2 N–H and O–H groups in total. The van der Waals surface area contributed by atoms with E-state index in [0.717, 1.165) is 54.4 Å². The zero-order chi connectivity index (χ0) is 27.1. The maximum Gasteiger partial charge on any atom is 0.225 e. The van der Waals surface area contributed by atoms with Gasteiger partial charge < -0.3 is 15.5 Å². The summed E-state index contributed by atoms with van der Waals surface area (Å²) in [5.41, 5.74) is 3.73. The molecule has 0 bridgehead atoms. The van der Waals surface area contributed by atoms with Crippen molar-refractivity contribution >= 4 is 34.4 Å². The summed E-state index contributed by atoms with van der Waals surface area (Å²) in [6.45, 7) is 4.24. The maximum atomic E-state index is 4.85. The number of anilines is 2. The van der Waals surface area contributed by atoms with Crippen LogP contribution in [0.2, 0.25) is 0 Å². The number of nitrogens with zero attached hydrogens (tertiary/aromatic N) is 3. The van der Waals surface area contributed by atoms with Gasteiger partial charge in [0.15, 0.2) is 0 Å². The van der Waals surface area contributed by atoms with Gasteiger partial charge in [-0.05, 0) is 67.2 Å². The van der Waals surface area contributed by atoms with Crippen LogP contribution in [-0.2, 0) is 4.75 Å². The van der Waals surface area contributed by atoms with Crippen LogP contribution in [0.1, 0.15) is 43.7 Å². The van der Waals surface area contributed by atoms with Crippen LogP contribution in [0.25, 0.3) is 10.9 Å². The highest BCUT2D eigenvalue weighted by atomic mass is 32.2. The Kier molecular flexibility index (Phi) is 9.05. The fourth-order valence-electron chi connectivity index (χ4n) is 5.86. The molecule has 0 aliphatic heterocycles. The average Bonchev–Trinajstić information content (AvgIpc) is 2.98. The predicted octanol–water partition coefficient (Wildman–Crippen LogP) is 6.95. The van der Waals surface area contributed by atoms with Gasteiger partial charge in [-0.3, -0.25) is 0 Å². The number of para-hydroxylation sites is 1. The van der Waals surface area contributed by atoms with Gasteiger partial charge >= 0.3 is 0 Å². The fourth-order valence-corrected chi connectivity index (χ4v) is 7.16. The lowest BCUT2D eigenvalue weighted by Crippen LogP contribution is -2.40. The quantitative estimate of drug-likeness (QED) is 0.215. The van der Waals surface area contributed by atoms with Gasteiger partial charge in [0, 0.05) is 32.1 Å². The standard InChI is InChI=1S/C33H41N5S/c1-4-39-33(26-13-7-5-8-14-26,27-15-9-6-10-16-27)24-34-23-25-19-21-28(22-20-25)35-32-36-30-18-12-11-17-29(30)31(37-32)38(2)3/h5-18,25,28,34H,4,19-24H2,1-3H3,(H,35,36,37)/t25-,28+. The third-order valence-corrected chi connectivity index (χ3v) is 9.26. The number of aromatic nitrogens is 2. The maximum absolute atomic E-state index is 4.85. The zero-order valence-electron chi connectivity index (χ0n) is 23.4. The van der Waals surface area contributed by atoms with Gasteiger partial charge in [-0.15, -0.1) is 11.8 Å². The van der Waals surface area contributed by atoms with E-state index in [1.807, 2.05) is 38.0 Å². The summed E-state index contributed by atoms with van der Waals surface area (Å²) >= 11 is 2.03. The molecule has 39 heavy (non-hydrogen) atoms. The van der Waals surface area contributed by atoms with E-state index >= 15 is 0 Å². The van der Waals surface area contributed by atoms with Crippen LogP contribution in [0, 0.1) is 5.92 Å². The molecule has 4 aromatic rings. The van der Waals surface area contributed by atoms with E-state index in [0.29, 0.717) is 12.0 Å². The lowest BCUT2D eigenvalue weighted by Gasteiger charge is -2.36. The second-order valence-corrected chi connectivity index (χ2v) is 12.3. The SMILES string of the molecule is CCSC(CNC[C@H]1CC[C@@H](Nc2nc(N(C)C)c3ccccc3n2)CC1)(c1ccccc1)c1ccccc1. The molecule has 0 amide bonds. The number of hydrogen-bond acceptors (Lipinski definition) is 6. The van der Waals surface area contributed by atoms with Crippen LogP contribution < -0.4 is 15.5 Å². The van der Waals surface area contributed by atoms with Crippen molar-refractivity contribution in [3.05, 3.63) is 96.1 Å². The summed E-state index contributed by atoms with van der Waals surface area (Å²) < 4.78 is -0.0897. The Morgan fingerprint density at radius 3 is 2.05 bits per heavy atom. The van der Waals surface area contributed by atoms with Gasteiger partial charge in [0.05, 0.1) is 10.3 Å². The van der Waals surface area contributed by atoms with Crippen molar-refractivity contribution in [2.45, 2.75) is 43.4 Å². The molecule has 1 aliphatic carbocycles. The molecule has 1 aliphatic rings. The van der Waals surface area contributed by atoms with Crippen molar-refractivity contribution in [3.8, 4) is 0 Å². The second kappa shape index (κ2) is 12.8. The van der Waals surface area contributed by atoms with Gasteiger partial charge in [0.25, 0.3) is 0 Å².